The van der Waals surface area contributed by atoms with Crippen LogP contribution in [0, 0.1) is 6.92 Å². The first kappa shape index (κ1) is 21.8. The maximum absolute atomic E-state index is 12.8. The summed E-state index contributed by atoms with van der Waals surface area (Å²) in [7, 11) is 0. The van der Waals surface area contributed by atoms with Crippen molar-refractivity contribution in [3.8, 4) is 0 Å². The van der Waals surface area contributed by atoms with Crippen molar-refractivity contribution in [1.29, 1.82) is 0 Å². The molecule has 0 spiro atoms. The first-order chi connectivity index (χ1) is 15.0. The highest BCUT2D eigenvalue weighted by molar-refractivity contribution is 6.35. The van der Waals surface area contributed by atoms with Crippen LogP contribution in [-0.2, 0) is 19.7 Å². The molecule has 3 heterocycles. The van der Waals surface area contributed by atoms with Crippen LogP contribution in [0.1, 0.15) is 42.9 Å². The second kappa shape index (κ2) is 9.40. The molecule has 0 saturated carbocycles. The molecule has 1 N–H and O–H groups in total. The van der Waals surface area contributed by atoms with E-state index in [0.717, 1.165) is 36.8 Å². The van der Waals surface area contributed by atoms with E-state index in [9.17, 15) is 9.59 Å². The molecule has 0 aliphatic carbocycles. The minimum atomic E-state index is -0.534. The lowest BCUT2D eigenvalue weighted by Crippen LogP contribution is -2.50. The molecule has 0 unspecified atom stereocenters. The first-order valence-electron chi connectivity index (χ1n) is 10.9. The van der Waals surface area contributed by atoms with Gasteiger partial charge in [0.2, 0.25) is 0 Å². The number of nitrogens with one attached hydrogen (secondary N) is 1. The Bertz CT molecular complexity index is 913. The van der Waals surface area contributed by atoms with Crippen molar-refractivity contribution < 1.29 is 14.3 Å². The van der Waals surface area contributed by atoms with Crippen molar-refractivity contribution in [3.05, 3.63) is 52.8 Å². The average molecular weight is 445 g/mol. The maximum Gasteiger partial charge on any atom is 0.311 e. The Labute approximate surface area is 187 Å². The zero-order valence-corrected chi connectivity index (χ0v) is 18.6. The van der Waals surface area contributed by atoms with Crippen LogP contribution >= 0.6 is 11.6 Å². The topological polar surface area (TPSA) is 76.5 Å². The third-order valence-electron chi connectivity index (χ3n) is 6.54. The van der Waals surface area contributed by atoms with Gasteiger partial charge < -0.3 is 15.0 Å². The van der Waals surface area contributed by atoms with Crippen LogP contribution in [0.15, 0.2) is 36.7 Å². The number of carbonyl (C=O) groups is 2. The summed E-state index contributed by atoms with van der Waals surface area (Å²) in [5.41, 5.74) is 1.99. The number of aryl methyl sites for hydroxylation is 1. The number of benzene rings is 1. The Kier molecular flexibility index (Phi) is 6.62. The van der Waals surface area contributed by atoms with Crippen molar-refractivity contribution >= 4 is 23.4 Å². The summed E-state index contributed by atoms with van der Waals surface area (Å²) < 4.78 is 7.52. The van der Waals surface area contributed by atoms with Crippen molar-refractivity contribution in [3.63, 3.8) is 0 Å². The number of ether oxygens (including phenoxy) is 1. The number of nitrogens with zero attached hydrogens (tertiary/aromatic N) is 3. The number of amides is 2. The van der Waals surface area contributed by atoms with Gasteiger partial charge in [-0.2, -0.15) is 5.10 Å². The van der Waals surface area contributed by atoms with Crippen LogP contribution in [0.4, 0.5) is 0 Å². The van der Waals surface area contributed by atoms with E-state index in [4.69, 9.17) is 16.3 Å². The van der Waals surface area contributed by atoms with Gasteiger partial charge >= 0.3 is 11.8 Å². The Morgan fingerprint density at radius 2 is 1.87 bits per heavy atom. The quantitative estimate of drug-likeness (QED) is 0.735. The predicted molar refractivity (Wildman–Crippen MR) is 118 cm³/mol. The first-order valence-corrected chi connectivity index (χ1v) is 11.3. The number of hydrogen-bond donors (Lipinski definition) is 1. The lowest BCUT2D eigenvalue weighted by molar-refractivity contribution is -0.147. The summed E-state index contributed by atoms with van der Waals surface area (Å²) in [5, 5.41) is 7.98. The number of carbonyl (C=O) groups excluding carboxylic acids is 2. The van der Waals surface area contributed by atoms with Gasteiger partial charge in [0.05, 0.1) is 12.2 Å². The smallest absolute Gasteiger partial charge is 0.311 e. The molecule has 0 radical (unpaired) electrons. The van der Waals surface area contributed by atoms with E-state index in [0.29, 0.717) is 37.9 Å². The van der Waals surface area contributed by atoms with Crippen molar-refractivity contribution in [2.75, 3.05) is 32.8 Å². The second-order valence-corrected chi connectivity index (χ2v) is 9.04. The normalized spacial score (nSPS) is 19.2. The van der Waals surface area contributed by atoms with Gasteiger partial charge in [-0.1, -0.05) is 23.7 Å². The molecule has 31 heavy (non-hydrogen) atoms. The fourth-order valence-corrected chi connectivity index (χ4v) is 4.69. The molecule has 4 rings (SSSR count). The summed E-state index contributed by atoms with van der Waals surface area (Å²) in [5.74, 6) is -0.985. The van der Waals surface area contributed by atoms with Gasteiger partial charge in [0.15, 0.2) is 0 Å². The summed E-state index contributed by atoms with van der Waals surface area (Å²) in [6.45, 7) is 4.81. The molecule has 2 aromatic rings. The van der Waals surface area contributed by atoms with E-state index in [1.807, 2.05) is 48.3 Å². The van der Waals surface area contributed by atoms with E-state index in [1.165, 1.54) is 0 Å². The van der Waals surface area contributed by atoms with Crippen LogP contribution in [-0.4, -0.2) is 59.3 Å². The summed E-state index contributed by atoms with van der Waals surface area (Å²) >= 11 is 6.05. The SMILES string of the molecule is Cc1cnn(C2CCN(C(=O)C(=O)NCC3(c4ccc(Cl)cc4)CCOCC3)CC2)c1. The van der Waals surface area contributed by atoms with Gasteiger partial charge in [-0.25, -0.2) is 0 Å². The molecular formula is C23H29ClN4O3. The van der Waals surface area contributed by atoms with Gasteiger partial charge in [0.1, 0.15) is 0 Å². The molecule has 2 aliphatic rings. The largest absolute Gasteiger partial charge is 0.381 e. The van der Waals surface area contributed by atoms with Gasteiger partial charge in [-0.15, -0.1) is 0 Å². The monoisotopic (exact) mass is 444 g/mol. The minimum absolute atomic E-state index is 0.246. The molecule has 8 heteroatoms. The number of aromatic nitrogens is 2. The molecule has 166 valence electrons. The molecule has 2 aliphatic heterocycles. The van der Waals surface area contributed by atoms with E-state index in [2.05, 4.69) is 10.4 Å². The molecule has 2 saturated heterocycles. The Balaban J connectivity index is 1.35. The number of rotatable bonds is 4. The molecule has 0 atom stereocenters. The summed E-state index contributed by atoms with van der Waals surface area (Å²) in [6.07, 6.45) is 7.05. The number of piperidine rings is 1. The number of hydrogen-bond acceptors (Lipinski definition) is 4. The van der Waals surface area contributed by atoms with Crippen LogP contribution in [0.2, 0.25) is 5.02 Å². The van der Waals surface area contributed by atoms with Crippen molar-refractivity contribution in [1.82, 2.24) is 20.0 Å². The standard InChI is InChI=1S/C23H29ClN4O3/c1-17-14-26-28(15-17)20-6-10-27(11-7-20)22(30)21(29)25-16-23(8-12-31-13-9-23)18-2-4-19(24)5-3-18/h2-5,14-15,20H,6-13,16H2,1H3,(H,25,29). The van der Waals surface area contributed by atoms with Gasteiger partial charge in [-0.3, -0.25) is 14.3 Å². The predicted octanol–water partition coefficient (Wildman–Crippen LogP) is 2.87. The molecular weight excluding hydrogens is 416 g/mol. The summed E-state index contributed by atoms with van der Waals surface area (Å²) in [4.78, 5) is 27.1. The van der Waals surface area contributed by atoms with Crippen LogP contribution in [0.3, 0.4) is 0 Å². The average Bonchev–Trinajstić information content (AvgIpc) is 3.24. The molecule has 2 fully saturated rings. The highest BCUT2D eigenvalue weighted by Gasteiger charge is 2.36. The Morgan fingerprint density at radius 3 is 2.48 bits per heavy atom. The summed E-state index contributed by atoms with van der Waals surface area (Å²) in [6, 6.07) is 8.02. The van der Waals surface area contributed by atoms with E-state index < -0.39 is 11.8 Å². The molecule has 0 bridgehead atoms. The van der Waals surface area contributed by atoms with Crippen LogP contribution < -0.4 is 5.32 Å². The van der Waals surface area contributed by atoms with Crippen LogP contribution in [0.25, 0.3) is 0 Å². The fourth-order valence-electron chi connectivity index (χ4n) is 4.57. The Hall–Kier alpha value is -2.38. The molecule has 2 amide bonds. The maximum atomic E-state index is 12.8. The highest BCUT2D eigenvalue weighted by Crippen LogP contribution is 2.35. The van der Waals surface area contributed by atoms with Crippen LogP contribution in [0.5, 0.6) is 0 Å². The Morgan fingerprint density at radius 1 is 1.19 bits per heavy atom. The zero-order chi connectivity index (χ0) is 21.8. The van der Waals surface area contributed by atoms with Crippen molar-refractivity contribution in [2.45, 2.75) is 44.1 Å². The van der Waals surface area contributed by atoms with Gasteiger partial charge in [-0.05, 0) is 55.9 Å². The molecule has 7 nitrogen and oxygen atoms in total. The van der Waals surface area contributed by atoms with E-state index >= 15 is 0 Å². The van der Waals surface area contributed by atoms with Gasteiger partial charge in [0, 0.05) is 49.5 Å². The zero-order valence-electron chi connectivity index (χ0n) is 17.8. The highest BCUT2D eigenvalue weighted by atomic mass is 35.5. The van der Waals surface area contributed by atoms with E-state index in [1.54, 1.807) is 4.90 Å². The molecule has 1 aromatic heterocycles. The third-order valence-corrected chi connectivity index (χ3v) is 6.80. The minimum Gasteiger partial charge on any atom is -0.381 e. The van der Waals surface area contributed by atoms with Crippen molar-refractivity contribution in [2.24, 2.45) is 0 Å². The van der Waals surface area contributed by atoms with E-state index in [-0.39, 0.29) is 11.5 Å². The number of halogens is 1. The second-order valence-electron chi connectivity index (χ2n) is 8.60. The van der Waals surface area contributed by atoms with Gasteiger partial charge in [0.25, 0.3) is 0 Å². The fraction of sp³-hybridized carbons (Fsp3) is 0.522. The molecule has 1 aromatic carbocycles. The lowest BCUT2D eigenvalue weighted by atomic mass is 9.74. The third kappa shape index (κ3) is 4.93. The lowest BCUT2D eigenvalue weighted by Gasteiger charge is -2.38. The number of likely N-dealkylation sites (tertiary alicyclic amines) is 1.